The number of nitrogens with zero attached hydrogens (tertiary/aromatic N) is 3. The van der Waals surface area contributed by atoms with E-state index in [4.69, 9.17) is 0 Å². The van der Waals surface area contributed by atoms with E-state index in [1.807, 2.05) is 30.3 Å². The first-order valence-corrected chi connectivity index (χ1v) is 4.90. The number of aromatic nitrogens is 3. The van der Waals surface area contributed by atoms with Gasteiger partial charge in [-0.3, -0.25) is 4.57 Å². The first kappa shape index (κ1) is 9.71. The van der Waals surface area contributed by atoms with Crippen LogP contribution >= 0.6 is 0 Å². The molecule has 1 heterocycles. The maximum Gasteiger partial charge on any atom is 0.345 e. The van der Waals surface area contributed by atoms with Gasteiger partial charge in [0.15, 0.2) is 0 Å². The Kier molecular flexibility index (Phi) is 2.67. The van der Waals surface area contributed by atoms with Crippen molar-refractivity contribution in [3.05, 3.63) is 52.7 Å². The van der Waals surface area contributed by atoms with Crippen molar-refractivity contribution in [3.63, 3.8) is 0 Å². The van der Waals surface area contributed by atoms with Gasteiger partial charge >= 0.3 is 5.69 Å². The third-order valence-corrected chi connectivity index (χ3v) is 2.34. The van der Waals surface area contributed by atoms with Gasteiger partial charge in [0.1, 0.15) is 6.33 Å². The zero-order chi connectivity index (χ0) is 10.7. The minimum Gasteiger partial charge on any atom is -0.285 e. The lowest BCUT2D eigenvalue weighted by molar-refractivity contribution is 0.585. The van der Waals surface area contributed by atoms with E-state index in [-0.39, 0.29) is 5.69 Å². The van der Waals surface area contributed by atoms with Crippen molar-refractivity contribution in [3.8, 4) is 0 Å². The first-order valence-electron chi connectivity index (χ1n) is 4.90. The summed E-state index contributed by atoms with van der Waals surface area (Å²) >= 11 is 0. The van der Waals surface area contributed by atoms with Crippen LogP contribution in [0.4, 0.5) is 0 Å². The van der Waals surface area contributed by atoms with Gasteiger partial charge in [-0.2, -0.15) is 5.10 Å². The zero-order valence-corrected chi connectivity index (χ0v) is 8.63. The van der Waals surface area contributed by atoms with E-state index >= 15 is 0 Å². The van der Waals surface area contributed by atoms with Crippen molar-refractivity contribution >= 4 is 0 Å². The molecule has 0 radical (unpaired) electrons. The van der Waals surface area contributed by atoms with Crippen LogP contribution in [0.3, 0.4) is 0 Å². The lowest BCUT2D eigenvalue weighted by atomic mass is 10.2. The van der Waals surface area contributed by atoms with Gasteiger partial charge in [0.05, 0.1) is 6.54 Å². The molecule has 0 amide bonds. The van der Waals surface area contributed by atoms with Crippen LogP contribution in [0.2, 0.25) is 0 Å². The second kappa shape index (κ2) is 4.13. The highest BCUT2D eigenvalue weighted by Crippen LogP contribution is 1.99. The summed E-state index contributed by atoms with van der Waals surface area (Å²) < 4.78 is 2.96. The molecule has 4 nitrogen and oxygen atoms in total. The molecule has 1 aromatic heterocycles. The lowest BCUT2D eigenvalue weighted by Crippen LogP contribution is -2.23. The molecule has 0 spiro atoms. The van der Waals surface area contributed by atoms with Crippen LogP contribution in [0.25, 0.3) is 0 Å². The van der Waals surface area contributed by atoms with Gasteiger partial charge in [-0.1, -0.05) is 30.3 Å². The van der Waals surface area contributed by atoms with Gasteiger partial charge in [-0.15, -0.1) is 0 Å². The normalized spacial score (nSPS) is 10.5. The summed E-state index contributed by atoms with van der Waals surface area (Å²) in [6, 6.07) is 10.1. The number of aryl methyl sites for hydroxylation is 3. The first-order chi connectivity index (χ1) is 7.27. The van der Waals surface area contributed by atoms with E-state index in [0.717, 1.165) is 6.42 Å². The van der Waals surface area contributed by atoms with Crippen LogP contribution in [0.1, 0.15) is 5.56 Å². The highest BCUT2D eigenvalue weighted by atomic mass is 16.2. The summed E-state index contributed by atoms with van der Waals surface area (Å²) in [5, 5.41) is 4.00. The highest BCUT2D eigenvalue weighted by molar-refractivity contribution is 5.14. The molecule has 0 N–H and O–H groups in total. The van der Waals surface area contributed by atoms with Crippen molar-refractivity contribution in [1.82, 2.24) is 14.3 Å². The van der Waals surface area contributed by atoms with E-state index in [2.05, 4.69) is 5.10 Å². The van der Waals surface area contributed by atoms with Gasteiger partial charge in [-0.25, -0.2) is 9.48 Å². The molecule has 0 fully saturated rings. The molecule has 0 atom stereocenters. The zero-order valence-electron chi connectivity index (χ0n) is 8.63. The summed E-state index contributed by atoms with van der Waals surface area (Å²) in [4.78, 5) is 11.5. The second-order valence-corrected chi connectivity index (χ2v) is 3.48. The van der Waals surface area contributed by atoms with E-state index in [9.17, 15) is 4.79 Å². The van der Waals surface area contributed by atoms with Gasteiger partial charge in [0.25, 0.3) is 0 Å². The Balaban J connectivity index is 2.06. The van der Waals surface area contributed by atoms with Crippen LogP contribution in [-0.4, -0.2) is 14.3 Å². The Morgan fingerprint density at radius 1 is 1.27 bits per heavy atom. The highest BCUT2D eigenvalue weighted by Gasteiger charge is 2.00. The molecule has 0 saturated carbocycles. The molecule has 2 rings (SSSR count). The van der Waals surface area contributed by atoms with Crippen molar-refractivity contribution in [2.24, 2.45) is 7.05 Å². The third-order valence-electron chi connectivity index (χ3n) is 2.34. The van der Waals surface area contributed by atoms with Gasteiger partial charge in [0.2, 0.25) is 0 Å². The van der Waals surface area contributed by atoms with Gasteiger partial charge < -0.3 is 0 Å². The summed E-state index contributed by atoms with van der Waals surface area (Å²) in [6.45, 7) is 0.629. The number of benzene rings is 1. The fourth-order valence-electron chi connectivity index (χ4n) is 1.45. The molecular formula is C11H13N3O. The Morgan fingerprint density at radius 3 is 2.60 bits per heavy atom. The molecule has 0 aliphatic rings. The van der Waals surface area contributed by atoms with Crippen LogP contribution in [0.15, 0.2) is 41.5 Å². The molecule has 0 aliphatic heterocycles. The van der Waals surface area contributed by atoms with Crippen LogP contribution in [0, 0.1) is 0 Å². The molecule has 2 aromatic rings. The summed E-state index contributed by atoms with van der Waals surface area (Å²) in [5.74, 6) is 0. The van der Waals surface area contributed by atoms with Crippen LogP contribution in [0.5, 0.6) is 0 Å². The van der Waals surface area contributed by atoms with E-state index < -0.39 is 0 Å². The fraction of sp³-hybridized carbons (Fsp3) is 0.273. The van der Waals surface area contributed by atoms with Gasteiger partial charge in [-0.05, 0) is 12.0 Å². The Labute approximate surface area is 87.8 Å². The second-order valence-electron chi connectivity index (χ2n) is 3.48. The quantitative estimate of drug-likeness (QED) is 0.741. The SMILES string of the molecule is Cn1cnn(CCc2ccccc2)c1=O. The summed E-state index contributed by atoms with van der Waals surface area (Å²) in [7, 11) is 1.70. The van der Waals surface area contributed by atoms with Crippen molar-refractivity contribution in [1.29, 1.82) is 0 Å². The Bertz CT molecular complexity index is 484. The average Bonchev–Trinajstić information content (AvgIpc) is 2.59. The molecule has 0 aliphatic carbocycles. The maximum absolute atomic E-state index is 11.5. The molecule has 0 saturated heterocycles. The van der Waals surface area contributed by atoms with E-state index in [0.29, 0.717) is 6.54 Å². The van der Waals surface area contributed by atoms with Crippen molar-refractivity contribution in [2.75, 3.05) is 0 Å². The smallest absolute Gasteiger partial charge is 0.285 e. The minimum atomic E-state index is -0.0640. The Morgan fingerprint density at radius 2 is 2.00 bits per heavy atom. The topological polar surface area (TPSA) is 39.8 Å². The molecule has 1 aromatic carbocycles. The average molecular weight is 203 g/mol. The molecule has 15 heavy (non-hydrogen) atoms. The number of hydrogen-bond acceptors (Lipinski definition) is 2. The lowest BCUT2D eigenvalue weighted by Gasteiger charge is -1.99. The molecule has 78 valence electrons. The van der Waals surface area contributed by atoms with Crippen LogP contribution < -0.4 is 5.69 Å². The standard InChI is InChI=1S/C11H13N3O/c1-13-9-12-14(11(13)15)8-7-10-5-3-2-4-6-10/h2-6,9H,7-8H2,1H3. The number of hydrogen-bond donors (Lipinski definition) is 0. The molecule has 4 heteroatoms. The van der Waals surface area contributed by atoms with Gasteiger partial charge in [0, 0.05) is 7.05 Å². The largest absolute Gasteiger partial charge is 0.345 e. The Hall–Kier alpha value is -1.84. The number of rotatable bonds is 3. The molecular weight excluding hydrogens is 190 g/mol. The monoisotopic (exact) mass is 203 g/mol. The molecule has 0 unspecified atom stereocenters. The van der Waals surface area contributed by atoms with Crippen molar-refractivity contribution < 1.29 is 0 Å². The fourth-order valence-corrected chi connectivity index (χ4v) is 1.45. The molecule has 0 bridgehead atoms. The summed E-state index contributed by atoms with van der Waals surface area (Å²) in [5.41, 5.74) is 1.15. The van der Waals surface area contributed by atoms with Crippen LogP contribution in [-0.2, 0) is 20.0 Å². The van der Waals surface area contributed by atoms with E-state index in [1.165, 1.54) is 21.1 Å². The summed E-state index contributed by atoms with van der Waals surface area (Å²) in [6.07, 6.45) is 2.37. The third kappa shape index (κ3) is 2.15. The minimum absolute atomic E-state index is 0.0640. The predicted octanol–water partition coefficient (Wildman–Crippen LogP) is 0.824. The van der Waals surface area contributed by atoms with E-state index in [1.54, 1.807) is 7.05 Å². The predicted molar refractivity (Wildman–Crippen MR) is 57.6 cm³/mol. The maximum atomic E-state index is 11.5. The van der Waals surface area contributed by atoms with Crippen molar-refractivity contribution in [2.45, 2.75) is 13.0 Å².